The first-order chi connectivity index (χ1) is 14.2. The first kappa shape index (κ1) is 23.3. The van der Waals surface area contributed by atoms with Crippen LogP contribution in [0.5, 0.6) is 11.5 Å². The minimum atomic E-state index is -3.78. The van der Waals surface area contributed by atoms with Gasteiger partial charge in [0.05, 0.1) is 26.2 Å². The SMILES string of the molecule is COc1ccc(OC)c(N([C@@H](C)C(=O)NCCN(C)c2ccccc2)S(C)(=O)=O)c1. The van der Waals surface area contributed by atoms with Crippen LogP contribution in [0.15, 0.2) is 48.5 Å². The molecule has 0 aromatic heterocycles. The van der Waals surface area contributed by atoms with Gasteiger partial charge in [-0.1, -0.05) is 18.2 Å². The van der Waals surface area contributed by atoms with Crippen molar-refractivity contribution < 1.29 is 22.7 Å². The first-order valence-electron chi connectivity index (χ1n) is 9.44. The van der Waals surface area contributed by atoms with E-state index in [9.17, 15) is 13.2 Å². The molecule has 1 atom stereocenters. The molecule has 0 fully saturated rings. The Morgan fingerprint density at radius 3 is 2.33 bits per heavy atom. The lowest BCUT2D eigenvalue weighted by atomic mass is 10.2. The zero-order valence-corrected chi connectivity index (χ0v) is 18.8. The summed E-state index contributed by atoms with van der Waals surface area (Å²) in [6.45, 7) is 2.47. The van der Waals surface area contributed by atoms with Gasteiger partial charge in [-0.05, 0) is 31.2 Å². The van der Waals surface area contributed by atoms with Crippen LogP contribution in [0.1, 0.15) is 6.92 Å². The molecule has 0 unspecified atom stereocenters. The topological polar surface area (TPSA) is 88.2 Å². The van der Waals surface area contributed by atoms with E-state index in [1.54, 1.807) is 12.1 Å². The summed E-state index contributed by atoms with van der Waals surface area (Å²) < 4.78 is 36.7. The molecule has 0 heterocycles. The van der Waals surface area contributed by atoms with E-state index in [-0.39, 0.29) is 5.69 Å². The zero-order chi connectivity index (χ0) is 22.3. The molecule has 30 heavy (non-hydrogen) atoms. The molecule has 0 aliphatic heterocycles. The summed E-state index contributed by atoms with van der Waals surface area (Å²) in [4.78, 5) is 14.8. The summed E-state index contributed by atoms with van der Waals surface area (Å²) in [6, 6.07) is 13.6. The lowest BCUT2D eigenvalue weighted by Gasteiger charge is -2.30. The number of ether oxygens (including phenoxy) is 2. The van der Waals surface area contributed by atoms with Gasteiger partial charge in [0.2, 0.25) is 15.9 Å². The Morgan fingerprint density at radius 2 is 1.77 bits per heavy atom. The van der Waals surface area contributed by atoms with Gasteiger partial charge < -0.3 is 19.7 Å². The highest BCUT2D eigenvalue weighted by atomic mass is 32.2. The molecule has 8 nitrogen and oxygen atoms in total. The molecule has 0 spiro atoms. The molecular formula is C21H29N3O5S. The Balaban J connectivity index is 2.16. The van der Waals surface area contributed by atoms with Crippen LogP contribution in [-0.2, 0) is 14.8 Å². The number of para-hydroxylation sites is 1. The molecule has 2 rings (SSSR count). The van der Waals surface area contributed by atoms with Crippen LogP contribution in [0.25, 0.3) is 0 Å². The van der Waals surface area contributed by atoms with Crippen molar-refractivity contribution in [2.75, 3.05) is 49.8 Å². The van der Waals surface area contributed by atoms with Crippen LogP contribution in [-0.4, -0.2) is 61.0 Å². The molecule has 0 radical (unpaired) electrons. The van der Waals surface area contributed by atoms with Crippen LogP contribution in [0.4, 0.5) is 11.4 Å². The molecule has 1 N–H and O–H groups in total. The number of sulfonamides is 1. The third-order valence-electron chi connectivity index (χ3n) is 4.66. The summed E-state index contributed by atoms with van der Waals surface area (Å²) in [6.07, 6.45) is 1.05. The molecule has 0 bridgehead atoms. The maximum atomic E-state index is 12.8. The number of hydrogen-bond donors (Lipinski definition) is 1. The Kier molecular flexibility index (Phi) is 7.93. The van der Waals surface area contributed by atoms with E-state index < -0.39 is 22.0 Å². The lowest BCUT2D eigenvalue weighted by Crippen LogP contribution is -2.49. The van der Waals surface area contributed by atoms with Crippen molar-refractivity contribution in [1.82, 2.24) is 5.32 Å². The average molecular weight is 436 g/mol. The van der Waals surface area contributed by atoms with Gasteiger partial charge in [-0.25, -0.2) is 8.42 Å². The smallest absolute Gasteiger partial charge is 0.243 e. The van der Waals surface area contributed by atoms with E-state index in [0.717, 1.165) is 16.2 Å². The number of rotatable bonds is 10. The predicted molar refractivity (Wildman–Crippen MR) is 119 cm³/mol. The highest BCUT2D eigenvalue weighted by Gasteiger charge is 2.31. The largest absolute Gasteiger partial charge is 0.497 e. The van der Waals surface area contributed by atoms with Crippen molar-refractivity contribution in [3.63, 3.8) is 0 Å². The van der Waals surface area contributed by atoms with E-state index in [4.69, 9.17) is 9.47 Å². The number of methoxy groups -OCH3 is 2. The Morgan fingerprint density at radius 1 is 1.10 bits per heavy atom. The quantitative estimate of drug-likeness (QED) is 0.615. The fraction of sp³-hybridized carbons (Fsp3) is 0.381. The summed E-state index contributed by atoms with van der Waals surface area (Å²) in [5, 5.41) is 2.81. The maximum Gasteiger partial charge on any atom is 0.243 e. The first-order valence-corrected chi connectivity index (χ1v) is 11.3. The number of anilines is 2. The third kappa shape index (κ3) is 5.79. The second-order valence-electron chi connectivity index (χ2n) is 6.82. The molecule has 2 aromatic rings. The van der Waals surface area contributed by atoms with Crippen molar-refractivity contribution in [2.45, 2.75) is 13.0 Å². The molecule has 0 aliphatic carbocycles. The molecular weight excluding hydrogens is 406 g/mol. The van der Waals surface area contributed by atoms with Crippen molar-refractivity contribution in [2.24, 2.45) is 0 Å². The fourth-order valence-electron chi connectivity index (χ4n) is 3.06. The molecule has 2 aromatic carbocycles. The Bertz CT molecular complexity index is 950. The van der Waals surface area contributed by atoms with Gasteiger partial charge in [0, 0.05) is 31.9 Å². The minimum absolute atomic E-state index is 0.239. The van der Waals surface area contributed by atoms with Crippen LogP contribution in [0.3, 0.4) is 0 Å². The van der Waals surface area contributed by atoms with E-state index in [1.165, 1.54) is 27.2 Å². The van der Waals surface area contributed by atoms with E-state index in [0.29, 0.717) is 24.6 Å². The fourth-order valence-corrected chi connectivity index (χ4v) is 4.23. The molecule has 0 saturated carbocycles. The van der Waals surface area contributed by atoms with Gasteiger partial charge in [0.25, 0.3) is 0 Å². The van der Waals surface area contributed by atoms with Crippen molar-refractivity contribution in [3.8, 4) is 11.5 Å². The van der Waals surface area contributed by atoms with Gasteiger partial charge in [-0.15, -0.1) is 0 Å². The number of likely N-dealkylation sites (N-methyl/N-ethyl adjacent to an activating group) is 1. The highest BCUT2D eigenvalue weighted by Crippen LogP contribution is 2.35. The monoisotopic (exact) mass is 435 g/mol. The molecule has 164 valence electrons. The lowest BCUT2D eigenvalue weighted by molar-refractivity contribution is -0.121. The number of amides is 1. The van der Waals surface area contributed by atoms with Gasteiger partial charge in [0.1, 0.15) is 17.5 Å². The maximum absolute atomic E-state index is 12.8. The van der Waals surface area contributed by atoms with Gasteiger partial charge in [-0.2, -0.15) is 0 Å². The highest BCUT2D eigenvalue weighted by molar-refractivity contribution is 7.92. The molecule has 9 heteroatoms. The van der Waals surface area contributed by atoms with Crippen molar-refractivity contribution >= 4 is 27.3 Å². The summed E-state index contributed by atoms with van der Waals surface area (Å²) in [7, 11) is 1.07. The van der Waals surface area contributed by atoms with Crippen LogP contribution in [0.2, 0.25) is 0 Å². The summed E-state index contributed by atoms with van der Waals surface area (Å²) in [5.41, 5.74) is 1.27. The van der Waals surface area contributed by atoms with Crippen LogP contribution >= 0.6 is 0 Å². The third-order valence-corrected chi connectivity index (χ3v) is 5.88. The summed E-state index contributed by atoms with van der Waals surface area (Å²) in [5.74, 6) is 0.369. The molecule has 0 saturated heterocycles. The standard InChI is InChI=1S/C21H29N3O5S/c1-16(21(25)22-13-14-23(2)17-9-7-6-8-10-17)24(30(5,26)27)19-15-18(28-3)11-12-20(19)29-4/h6-12,15-16H,13-14H2,1-5H3,(H,22,25)/t16-/m0/s1. The predicted octanol–water partition coefficient (Wildman–Crippen LogP) is 2.11. The van der Waals surface area contributed by atoms with E-state index in [2.05, 4.69) is 5.32 Å². The van der Waals surface area contributed by atoms with Crippen LogP contribution < -0.4 is 24.0 Å². The Hall–Kier alpha value is -2.94. The normalized spacial score (nSPS) is 12.0. The van der Waals surface area contributed by atoms with Gasteiger partial charge in [0.15, 0.2) is 0 Å². The minimum Gasteiger partial charge on any atom is -0.497 e. The number of nitrogens with zero attached hydrogens (tertiary/aromatic N) is 2. The van der Waals surface area contributed by atoms with E-state index in [1.807, 2.05) is 42.3 Å². The van der Waals surface area contributed by atoms with Crippen LogP contribution in [0, 0.1) is 0 Å². The number of carbonyl (C=O) groups is 1. The number of benzene rings is 2. The molecule has 1 amide bonds. The van der Waals surface area contributed by atoms with Crippen molar-refractivity contribution in [3.05, 3.63) is 48.5 Å². The Labute approximate surface area is 178 Å². The number of hydrogen-bond acceptors (Lipinski definition) is 6. The zero-order valence-electron chi connectivity index (χ0n) is 18.0. The molecule has 0 aliphatic rings. The second-order valence-corrected chi connectivity index (χ2v) is 8.68. The van der Waals surface area contributed by atoms with Crippen molar-refractivity contribution in [1.29, 1.82) is 0 Å². The van der Waals surface area contributed by atoms with Gasteiger partial charge >= 0.3 is 0 Å². The second kappa shape index (κ2) is 10.2. The average Bonchev–Trinajstić information content (AvgIpc) is 2.73. The van der Waals surface area contributed by atoms with E-state index >= 15 is 0 Å². The number of carbonyl (C=O) groups excluding carboxylic acids is 1. The summed E-state index contributed by atoms with van der Waals surface area (Å²) >= 11 is 0. The number of nitrogens with one attached hydrogen (secondary N) is 1. The van der Waals surface area contributed by atoms with Gasteiger partial charge in [-0.3, -0.25) is 9.10 Å².